The van der Waals surface area contributed by atoms with Crippen LogP contribution in [0.5, 0.6) is 0 Å². The number of thioether (sulfide) groups is 1. The van der Waals surface area contributed by atoms with Crippen molar-refractivity contribution >= 4 is 29.1 Å². The Hall–Kier alpha value is -2.80. The van der Waals surface area contributed by atoms with Crippen LogP contribution in [0, 0.1) is 11.3 Å². The molecule has 6 nitrogen and oxygen atoms in total. The molecule has 1 aliphatic carbocycles. The number of rotatable bonds is 6. The first-order valence-electron chi connectivity index (χ1n) is 10.1. The Morgan fingerprint density at radius 2 is 1.90 bits per heavy atom. The van der Waals surface area contributed by atoms with Gasteiger partial charge in [-0.25, -0.2) is 4.52 Å². The maximum Gasteiger partial charge on any atom is 0.255 e. The summed E-state index contributed by atoms with van der Waals surface area (Å²) >= 11 is 1.57. The second-order valence-corrected chi connectivity index (χ2v) is 9.13. The molecule has 7 heteroatoms. The van der Waals surface area contributed by atoms with E-state index in [2.05, 4.69) is 29.6 Å². The molecule has 0 aliphatic heterocycles. The average molecular weight is 423 g/mol. The third-order valence-corrected chi connectivity index (χ3v) is 7.10. The second-order valence-electron chi connectivity index (χ2n) is 8.28. The molecule has 2 N–H and O–H groups in total. The summed E-state index contributed by atoms with van der Waals surface area (Å²) in [7, 11) is 0. The first kappa shape index (κ1) is 20.5. The number of carbonyl (C=O) groups is 2. The van der Waals surface area contributed by atoms with E-state index in [0.29, 0.717) is 23.6 Å². The fraction of sp³-hybridized carbons (Fsp3) is 0.348. The fourth-order valence-electron chi connectivity index (χ4n) is 4.10. The van der Waals surface area contributed by atoms with Gasteiger partial charge < -0.3 is 10.6 Å². The maximum absolute atomic E-state index is 12.8. The number of hydrogen-bond donors (Lipinski definition) is 2. The smallest absolute Gasteiger partial charge is 0.255 e. The van der Waals surface area contributed by atoms with Crippen LogP contribution in [0.1, 0.15) is 41.0 Å². The number of aromatic nitrogens is 2. The van der Waals surface area contributed by atoms with Crippen LogP contribution in [-0.4, -0.2) is 40.3 Å². The van der Waals surface area contributed by atoms with Gasteiger partial charge >= 0.3 is 0 Å². The van der Waals surface area contributed by atoms with E-state index < -0.39 is 0 Å². The molecule has 2 atom stereocenters. The molecule has 0 bridgehead atoms. The van der Waals surface area contributed by atoms with Crippen molar-refractivity contribution in [3.63, 3.8) is 0 Å². The van der Waals surface area contributed by atoms with Crippen LogP contribution in [0.4, 0.5) is 0 Å². The number of fused-ring (bicyclic) bond motifs is 1. The van der Waals surface area contributed by atoms with E-state index in [1.54, 1.807) is 22.5 Å². The predicted molar refractivity (Wildman–Crippen MR) is 119 cm³/mol. The molecule has 2 unspecified atom stereocenters. The minimum atomic E-state index is -0.106. The Bertz CT molecular complexity index is 1090. The van der Waals surface area contributed by atoms with Gasteiger partial charge in [-0.2, -0.15) is 5.10 Å². The van der Waals surface area contributed by atoms with Gasteiger partial charge in [0.2, 0.25) is 0 Å². The van der Waals surface area contributed by atoms with Gasteiger partial charge in [-0.15, -0.1) is 11.8 Å². The molecular formula is C23H26N4O2S. The van der Waals surface area contributed by atoms with E-state index in [9.17, 15) is 9.59 Å². The number of nitrogens with zero attached hydrogens (tertiary/aromatic N) is 2. The molecule has 2 aromatic heterocycles. The van der Waals surface area contributed by atoms with Crippen LogP contribution in [-0.2, 0) is 0 Å². The lowest BCUT2D eigenvalue weighted by molar-refractivity contribution is 0.0150. The van der Waals surface area contributed by atoms with Crippen molar-refractivity contribution in [2.75, 3.05) is 12.8 Å². The van der Waals surface area contributed by atoms with Crippen LogP contribution in [0.15, 0.2) is 59.8 Å². The molecule has 0 saturated heterocycles. The topological polar surface area (TPSA) is 75.5 Å². The Balaban J connectivity index is 1.35. The lowest BCUT2D eigenvalue weighted by Gasteiger charge is -2.52. The lowest BCUT2D eigenvalue weighted by atomic mass is 9.58. The Morgan fingerprint density at radius 1 is 1.13 bits per heavy atom. The van der Waals surface area contributed by atoms with Gasteiger partial charge in [0.15, 0.2) is 0 Å². The van der Waals surface area contributed by atoms with Crippen molar-refractivity contribution in [1.29, 1.82) is 0 Å². The van der Waals surface area contributed by atoms with Gasteiger partial charge in [-0.05, 0) is 48.3 Å². The van der Waals surface area contributed by atoms with Crippen molar-refractivity contribution < 1.29 is 9.59 Å². The summed E-state index contributed by atoms with van der Waals surface area (Å²) in [5.41, 5.74) is 1.98. The number of amides is 2. The van der Waals surface area contributed by atoms with Gasteiger partial charge in [0.25, 0.3) is 11.8 Å². The average Bonchev–Trinajstić information content (AvgIpc) is 3.19. The normalized spacial score (nSPS) is 19.8. The Labute approximate surface area is 180 Å². The molecule has 2 amide bonds. The summed E-state index contributed by atoms with van der Waals surface area (Å²) in [5, 5.41) is 10.5. The van der Waals surface area contributed by atoms with Crippen LogP contribution in [0.2, 0.25) is 0 Å². The first-order valence-corrected chi connectivity index (χ1v) is 11.3. The van der Waals surface area contributed by atoms with Crippen molar-refractivity contribution in [2.24, 2.45) is 11.3 Å². The standard InChI is InChI=1S/C23H26N4O2S/c1-23(2)15(13-24-21(28)16-8-4-5-10-19(16)30-3)12-20(23)26-22(29)17-14-25-27-11-7-6-9-18(17)27/h4-11,14-15,20H,12-13H2,1-3H3,(H,24,28)(H,26,29). The summed E-state index contributed by atoms with van der Waals surface area (Å²) in [6.07, 6.45) is 6.24. The van der Waals surface area contributed by atoms with Crippen molar-refractivity contribution in [3.05, 3.63) is 66.0 Å². The number of carbonyl (C=O) groups excluding carboxylic acids is 2. The number of hydrogen-bond acceptors (Lipinski definition) is 4. The lowest BCUT2D eigenvalue weighted by Crippen LogP contribution is -2.60. The van der Waals surface area contributed by atoms with Crippen LogP contribution in [0.25, 0.3) is 5.52 Å². The summed E-state index contributed by atoms with van der Waals surface area (Å²) in [5.74, 6) is 0.150. The molecule has 1 fully saturated rings. The monoisotopic (exact) mass is 422 g/mol. The van der Waals surface area contributed by atoms with Crippen LogP contribution in [0.3, 0.4) is 0 Å². The van der Waals surface area contributed by atoms with Crippen molar-refractivity contribution in [3.8, 4) is 0 Å². The zero-order valence-electron chi connectivity index (χ0n) is 17.4. The van der Waals surface area contributed by atoms with Gasteiger partial charge in [0.1, 0.15) is 0 Å². The van der Waals surface area contributed by atoms with E-state index in [1.165, 1.54) is 0 Å². The van der Waals surface area contributed by atoms with E-state index in [0.717, 1.165) is 16.8 Å². The van der Waals surface area contributed by atoms with Crippen molar-refractivity contribution in [2.45, 2.75) is 31.2 Å². The molecule has 2 heterocycles. The highest BCUT2D eigenvalue weighted by atomic mass is 32.2. The number of benzene rings is 1. The van der Waals surface area contributed by atoms with E-state index >= 15 is 0 Å². The summed E-state index contributed by atoms with van der Waals surface area (Å²) in [6.45, 7) is 4.88. The molecular weight excluding hydrogens is 396 g/mol. The maximum atomic E-state index is 12.8. The highest BCUT2D eigenvalue weighted by Gasteiger charge is 2.48. The van der Waals surface area contributed by atoms with E-state index in [4.69, 9.17) is 0 Å². The summed E-state index contributed by atoms with van der Waals surface area (Å²) < 4.78 is 1.70. The minimum Gasteiger partial charge on any atom is -0.352 e. The number of pyridine rings is 1. The molecule has 0 radical (unpaired) electrons. The highest BCUT2D eigenvalue weighted by molar-refractivity contribution is 7.98. The Kier molecular flexibility index (Phi) is 5.56. The fourth-order valence-corrected chi connectivity index (χ4v) is 4.69. The van der Waals surface area contributed by atoms with Gasteiger partial charge in [-0.1, -0.05) is 32.0 Å². The largest absolute Gasteiger partial charge is 0.352 e. The highest BCUT2D eigenvalue weighted by Crippen LogP contribution is 2.46. The first-order chi connectivity index (χ1) is 14.4. The molecule has 30 heavy (non-hydrogen) atoms. The van der Waals surface area contributed by atoms with E-state index in [1.807, 2.05) is 54.9 Å². The molecule has 1 saturated carbocycles. The zero-order valence-corrected chi connectivity index (χ0v) is 18.2. The Morgan fingerprint density at radius 3 is 2.67 bits per heavy atom. The molecule has 1 aromatic carbocycles. The number of nitrogens with one attached hydrogen (secondary N) is 2. The predicted octanol–water partition coefficient (Wildman–Crippen LogP) is 3.63. The molecule has 0 spiro atoms. The third kappa shape index (κ3) is 3.69. The summed E-state index contributed by atoms with van der Waals surface area (Å²) in [4.78, 5) is 26.4. The van der Waals surface area contributed by atoms with Gasteiger partial charge in [0.05, 0.1) is 22.8 Å². The molecule has 1 aliphatic rings. The molecule has 4 rings (SSSR count). The minimum absolute atomic E-state index is 0.0467. The van der Waals surface area contributed by atoms with Crippen molar-refractivity contribution in [1.82, 2.24) is 20.2 Å². The summed E-state index contributed by atoms with van der Waals surface area (Å²) in [6, 6.07) is 13.4. The molecule has 3 aromatic rings. The molecule has 156 valence electrons. The SMILES string of the molecule is CSc1ccccc1C(=O)NCC1CC(NC(=O)c2cnn3ccccc23)C1(C)C. The van der Waals surface area contributed by atoms with Gasteiger partial charge in [0, 0.05) is 23.7 Å². The van der Waals surface area contributed by atoms with E-state index in [-0.39, 0.29) is 23.3 Å². The zero-order chi connectivity index (χ0) is 21.3. The van der Waals surface area contributed by atoms with Crippen LogP contribution >= 0.6 is 11.8 Å². The van der Waals surface area contributed by atoms with Gasteiger partial charge in [-0.3, -0.25) is 9.59 Å². The quantitative estimate of drug-likeness (QED) is 0.595. The third-order valence-electron chi connectivity index (χ3n) is 6.31. The van der Waals surface area contributed by atoms with Crippen LogP contribution < -0.4 is 10.6 Å². The second kappa shape index (κ2) is 8.14.